The molecule has 0 unspecified atom stereocenters. The summed E-state index contributed by atoms with van der Waals surface area (Å²) < 4.78 is 25.7. The third-order valence-electron chi connectivity index (χ3n) is 6.25. The molecular formula is C22H33N3O4S2. The Balaban J connectivity index is 1.95. The van der Waals surface area contributed by atoms with E-state index in [1.165, 1.54) is 11.3 Å². The van der Waals surface area contributed by atoms with Crippen molar-refractivity contribution in [1.82, 2.24) is 9.62 Å². The van der Waals surface area contributed by atoms with Gasteiger partial charge < -0.3 is 5.32 Å². The molecule has 3 rings (SSSR count). The molecule has 0 aromatic heterocycles. The first-order valence-corrected chi connectivity index (χ1v) is 14.0. The monoisotopic (exact) mass is 467 g/mol. The number of nitrogens with zero attached hydrogens (tertiary/aromatic N) is 2. The van der Waals surface area contributed by atoms with Crippen LogP contribution in [0.25, 0.3) is 0 Å². The smallest absolute Gasteiger partial charge is 0.247 e. The van der Waals surface area contributed by atoms with E-state index < -0.39 is 21.5 Å². The van der Waals surface area contributed by atoms with Crippen molar-refractivity contribution in [1.29, 1.82) is 0 Å². The van der Waals surface area contributed by atoms with Crippen molar-refractivity contribution >= 4 is 39.3 Å². The number of sulfonamides is 1. The summed E-state index contributed by atoms with van der Waals surface area (Å²) in [5.41, 5.74) is -0.724. The highest BCUT2D eigenvalue weighted by atomic mass is 32.2. The van der Waals surface area contributed by atoms with Gasteiger partial charge in [0.1, 0.15) is 5.54 Å². The average molecular weight is 468 g/mol. The van der Waals surface area contributed by atoms with Crippen LogP contribution in [0.15, 0.2) is 29.2 Å². The van der Waals surface area contributed by atoms with Gasteiger partial charge >= 0.3 is 0 Å². The molecule has 2 aliphatic rings. The molecule has 2 amide bonds. The second-order valence-corrected chi connectivity index (χ2v) is 11.6. The maximum Gasteiger partial charge on any atom is 0.247 e. The van der Waals surface area contributed by atoms with Gasteiger partial charge in [-0.25, -0.2) is 8.42 Å². The summed E-state index contributed by atoms with van der Waals surface area (Å²) in [5, 5.41) is 3.16. The molecule has 31 heavy (non-hydrogen) atoms. The van der Waals surface area contributed by atoms with Gasteiger partial charge in [0, 0.05) is 23.2 Å². The first-order chi connectivity index (χ1) is 14.6. The standard InChI is InChI=1S/C22H33N3O4S2/c1-22(21(27)23-17-10-7-5-4-6-8-11-17)16-24(31(3,28)29)15-20(26)25(22)18-12-9-13-19(14-18)30-2/h9,12-14,17H,4-8,10-11,15-16H2,1-3H3,(H,23,27)/t22-/m0/s1. The van der Waals surface area contributed by atoms with Crippen LogP contribution in [0.2, 0.25) is 0 Å². The number of benzene rings is 1. The van der Waals surface area contributed by atoms with Crippen molar-refractivity contribution in [3.63, 3.8) is 0 Å². The highest BCUT2D eigenvalue weighted by Crippen LogP contribution is 2.33. The lowest BCUT2D eigenvalue weighted by Gasteiger charge is -2.47. The van der Waals surface area contributed by atoms with Crippen LogP contribution in [0.3, 0.4) is 0 Å². The van der Waals surface area contributed by atoms with Gasteiger partial charge in [-0.1, -0.05) is 38.2 Å². The quantitative estimate of drug-likeness (QED) is 0.673. The zero-order chi connectivity index (χ0) is 22.6. The topological polar surface area (TPSA) is 86.8 Å². The van der Waals surface area contributed by atoms with Gasteiger partial charge in [-0.3, -0.25) is 14.5 Å². The molecule has 1 N–H and O–H groups in total. The number of nitrogens with one attached hydrogen (secondary N) is 1. The molecule has 1 aromatic carbocycles. The second-order valence-electron chi connectivity index (χ2n) is 8.75. The van der Waals surface area contributed by atoms with Crippen LogP contribution < -0.4 is 10.2 Å². The van der Waals surface area contributed by atoms with Gasteiger partial charge in [0.05, 0.1) is 12.8 Å². The van der Waals surface area contributed by atoms with Crippen LogP contribution in [0, 0.1) is 0 Å². The molecule has 1 saturated heterocycles. The van der Waals surface area contributed by atoms with Crippen LogP contribution in [0.1, 0.15) is 51.9 Å². The van der Waals surface area contributed by atoms with Gasteiger partial charge in [0.15, 0.2) is 0 Å². The minimum Gasteiger partial charge on any atom is -0.351 e. The summed E-state index contributed by atoms with van der Waals surface area (Å²) in [4.78, 5) is 29.3. The number of amides is 2. The molecule has 0 bridgehead atoms. The van der Waals surface area contributed by atoms with E-state index in [2.05, 4.69) is 5.32 Å². The van der Waals surface area contributed by atoms with Crippen molar-refractivity contribution in [2.75, 3.05) is 30.5 Å². The number of carbonyl (C=O) groups is 2. The maximum absolute atomic E-state index is 13.6. The van der Waals surface area contributed by atoms with E-state index in [1.807, 2.05) is 24.5 Å². The van der Waals surface area contributed by atoms with Crippen molar-refractivity contribution in [2.24, 2.45) is 0 Å². The minimum atomic E-state index is -3.62. The molecule has 1 aromatic rings. The van der Waals surface area contributed by atoms with Crippen LogP contribution >= 0.6 is 11.8 Å². The molecule has 2 fully saturated rings. The molecule has 1 atom stereocenters. The van der Waals surface area contributed by atoms with E-state index in [0.29, 0.717) is 5.69 Å². The predicted octanol–water partition coefficient (Wildman–Crippen LogP) is 3.00. The van der Waals surface area contributed by atoms with E-state index in [1.54, 1.807) is 24.8 Å². The molecule has 1 aliphatic carbocycles. The third kappa shape index (κ3) is 5.62. The van der Waals surface area contributed by atoms with Gasteiger partial charge in [0.2, 0.25) is 21.8 Å². The van der Waals surface area contributed by atoms with Crippen molar-refractivity contribution in [3.8, 4) is 0 Å². The van der Waals surface area contributed by atoms with Gasteiger partial charge in [-0.2, -0.15) is 4.31 Å². The Hall–Kier alpha value is -1.58. The molecule has 9 heteroatoms. The first kappa shape index (κ1) is 24.1. The van der Waals surface area contributed by atoms with Gasteiger partial charge in [0.25, 0.3) is 0 Å². The normalized spacial score (nSPS) is 24.5. The highest BCUT2D eigenvalue weighted by molar-refractivity contribution is 7.98. The Labute approximate surface area is 190 Å². The third-order valence-corrected chi connectivity index (χ3v) is 8.17. The number of hydrogen-bond donors (Lipinski definition) is 1. The summed E-state index contributed by atoms with van der Waals surface area (Å²) in [5.74, 6) is -0.695. The van der Waals surface area contributed by atoms with Crippen LogP contribution in [0.4, 0.5) is 5.69 Å². The Morgan fingerprint density at radius 2 is 1.81 bits per heavy atom. The number of piperazine rings is 1. The minimum absolute atomic E-state index is 0.0488. The highest BCUT2D eigenvalue weighted by Gasteiger charge is 2.50. The molecule has 1 saturated carbocycles. The number of anilines is 1. The fourth-order valence-electron chi connectivity index (χ4n) is 4.49. The summed E-state index contributed by atoms with van der Waals surface area (Å²) in [7, 11) is -3.62. The van der Waals surface area contributed by atoms with Crippen LogP contribution in [-0.2, 0) is 19.6 Å². The number of hydrogen-bond acceptors (Lipinski definition) is 5. The number of thioether (sulfide) groups is 1. The van der Waals surface area contributed by atoms with Crippen molar-refractivity contribution < 1.29 is 18.0 Å². The van der Waals surface area contributed by atoms with Gasteiger partial charge in [-0.15, -0.1) is 11.8 Å². The summed E-state index contributed by atoms with van der Waals surface area (Å²) in [6.07, 6.45) is 10.5. The summed E-state index contributed by atoms with van der Waals surface area (Å²) in [6.45, 7) is 1.33. The lowest BCUT2D eigenvalue weighted by molar-refractivity contribution is -0.133. The summed E-state index contributed by atoms with van der Waals surface area (Å²) in [6, 6.07) is 7.52. The Kier molecular flexibility index (Phi) is 7.70. The molecular weight excluding hydrogens is 434 g/mol. The number of carbonyl (C=O) groups excluding carboxylic acids is 2. The first-order valence-electron chi connectivity index (χ1n) is 10.9. The fraction of sp³-hybridized carbons (Fsp3) is 0.636. The Morgan fingerprint density at radius 1 is 1.16 bits per heavy atom. The van der Waals surface area contributed by atoms with E-state index >= 15 is 0 Å². The molecule has 1 aliphatic heterocycles. The van der Waals surface area contributed by atoms with E-state index in [-0.39, 0.29) is 25.0 Å². The SMILES string of the molecule is CSc1cccc(N2C(=O)CN(S(C)(=O)=O)C[C@@]2(C)C(=O)NC2CCCCCCC2)c1. The second kappa shape index (κ2) is 9.92. The van der Waals surface area contributed by atoms with Gasteiger partial charge in [-0.05, 0) is 44.2 Å². The fourth-order valence-corrected chi connectivity index (χ4v) is 5.78. The molecule has 1 heterocycles. The number of rotatable bonds is 5. The molecule has 7 nitrogen and oxygen atoms in total. The zero-order valence-corrected chi connectivity index (χ0v) is 20.2. The van der Waals surface area contributed by atoms with E-state index in [0.717, 1.165) is 54.0 Å². The van der Waals surface area contributed by atoms with Crippen LogP contribution in [0.5, 0.6) is 0 Å². The van der Waals surface area contributed by atoms with E-state index in [9.17, 15) is 18.0 Å². The zero-order valence-electron chi connectivity index (χ0n) is 18.6. The van der Waals surface area contributed by atoms with Crippen molar-refractivity contribution in [2.45, 2.75) is 68.3 Å². The lowest BCUT2D eigenvalue weighted by atomic mass is 9.92. The Bertz CT molecular complexity index is 913. The molecule has 0 spiro atoms. The van der Waals surface area contributed by atoms with Crippen molar-refractivity contribution in [3.05, 3.63) is 24.3 Å². The maximum atomic E-state index is 13.6. The largest absolute Gasteiger partial charge is 0.351 e. The lowest BCUT2D eigenvalue weighted by Crippen LogP contribution is -2.70. The molecule has 0 radical (unpaired) electrons. The average Bonchev–Trinajstić information content (AvgIpc) is 2.68. The summed E-state index contributed by atoms with van der Waals surface area (Å²) >= 11 is 1.55. The predicted molar refractivity (Wildman–Crippen MR) is 125 cm³/mol. The molecule has 172 valence electrons. The Morgan fingerprint density at radius 3 is 2.42 bits per heavy atom. The van der Waals surface area contributed by atoms with Crippen LogP contribution in [-0.4, -0.2) is 61.7 Å². The van der Waals surface area contributed by atoms with E-state index in [4.69, 9.17) is 0 Å².